The fraction of sp³-hybridized carbons (Fsp3) is 0.312. The molecule has 0 saturated carbocycles. The number of nitrogens with one attached hydrogen (secondary N) is 1. The van der Waals surface area contributed by atoms with Crippen LogP contribution in [0.15, 0.2) is 29.6 Å². The molecule has 122 valence electrons. The zero-order valence-corrected chi connectivity index (χ0v) is 14.2. The first-order chi connectivity index (χ1) is 10.9. The van der Waals surface area contributed by atoms with Gasteiger partial charge in [-0.2, -0.15) is 0 Å². The lowest BCUT2D eigenvalue weighted by atomic mass is 9.98. The van der Waals surface area contributed by atoms with Gasteiger partial charge in [0.05, 0.1) is 6.54 Å². The smallest absolute Gasteiger partial charge is 0.355 e. The van der Waals surface area contributed by atoms with Gasteiger partial charge in [0.2, 0.25) is 5.91 Å². The number of thiazole rings is 1. The van der Waals surface area contributed by atoms with E-state index in [0.29, 0.717) is 16.5 Å². The van der Waals surface area contributed by atoms with E-state index >= 15 is 0 Å². The van der Waals surface area contributed by atoms with Crippen LogP contribution < -0.4 is 5.32 Å². The number of carboxylic acid groups (broad SMARTS) is 1. The van der Waals surface area contributed by atoms with Gasteiger partial charge in [0, 0.05) is 16.8 Å². The fourth-order valence-corrected chi connectivity index (χ4v) is 2.98. The molecule has 0 aliphatic heterocycles. The summed E-state index contributed by atoms with van der Waals surface area (Å²) in [5.74, 6) is -0.934. The predicted octanol–water partition coefficient (Wildman–Crippen LogP) is 3.38. The van der Waals surface area contributed by atoms with Gasteiger partial charge < -0.3 is 10.4 Å². The molecule has 0 saturated heterocycles. The lowest BCUT2D eigenvalue weighted by Gasteiger charge is -2.11. The number of nitrogens with zero attached hydrogens (tertiary/aromatic N) is 1. The number of aromatic carboxylic acids is 1. The van der Waals surface area contributed by atoms with Crippen molar-refractivity contribution in [2.75, 3.05) is 0 Å². The van der Waals surface area contributed by atoms with E-state index in [1.54, 1.807) is 0 Å². The minimum absolute atomic E-state index is 0.00959. The van der Waals surface area contributed by atoms with Gasteiger partial charge in [0.1, 0.15) is 5.01 Å². The molecule has 23 heavy (non-hydrogen) atoms. The number of benzene rings is 1. The second-order valence-corrected chi connectivity index (χ2v) is 6.73. The van der Waals surface area contributed by atoms with E-state index in [-0.39, 0.29) is 24.1 Å². The molecular formula is C16H17ClN2O3S. The van der Waals surface area contributed by atoms with Crippen molar-refractivity contribution in [2.24, 2.45) is 5.92 Å². The highest BCUT2D eigenvalue weighted by atomic mass is 35.5. The first-order valence-electron chi connectivity index (χ1n) is 7.13. The van der Waals surface area contributed by atoms with Crippen molar-refractivity contribution in [3.63, 3.8) is 0 Å². The highest BCUT2D eigenvalue weighted by Crippen LogP contribution is 2.15. The third-order valence-electron chi connectivity index (χ3n) is 3.24. The number of carbonyl (C=O) groups excluding carboxylic acids is 1. The zero-order valence-electron chi connectivity index (χ0n) is 12.6. The predicted molar refractivity (Wildman–Crippen MR) is 89.9 cm³/mol. The minimum Gasteiger partial charge on any atom is -0.476 e. The maximum absolute atomic E-state index is 11.9. The van der Waals surface area contributed by atoms with Crippen LogP contribution in [0.2, 0.25) is 5.02 Å². The molecule has 1 heterocycles. The summed E-state index contributed by atoms with van der Waals surface area (Å²) in [7, 11) is 0. The Morgan fingerprint density at radius 2 is 2.04 bits per heavy atom. The second-order valence-electron chi connectivity index (χ2n) is 5.35. The summed E-state index contributed by atoms with van der Waals surface area (Å²) in [5.41, 5.74) is 1.15. The largest absolute Gasteiger partial charge is 0.476 e. The molecule has 1 aromatic heterocycles. The zero-order chi connectivity index (χ0) is 16.8. The van der Waals surface area contributed by atoms with Crippen molar-refractivity contribution < 1.29 is 14.7 Å². The normalized spacial score (nSPS) is 11.9. The van der Waals surface area contributed by atoms with Crippen LogP contribution in [0.5, 0.6) is 0 Å². The topological polar surface area (TPSA) is 79.3 Å². The van der Waals surface area contributed by atoms with Crippen LogP contribution in [0.3, 0.4) is 0 Å². The quantitative estimate of drug-likeness (QED) is 0.800. The Balaban J connectivity index is 1.77. The van der Waals surface area contributed by atoms with Crippen LogP contribution in [-0.2, 0) is 17.8 Å². The Hall–Kier alpha value is -1.92. The van der Waals surface area contributed by atoms with E-state index in [4.69, 9.17) is 16.7 Å². The number of halogens is 1. The monoisotopic (exact) mass is 352 g/mol. The molecule has 1 aromatic carbocycles. The molecule has 1 amide bonds. The molecular weight excluding hydrogens is 336 g/mol. The van der Waals surface area contributed by atoms with Gasteiger partial charge in [-0.05, 0) is 30.0 Å². The second kappa shape index (κ2) is 8.08. The molecule has 0 spiro atoms. The number of aromatic nitrogens is 1. The average Bonchev–Trinajstić information content (AvgIpc) is 2.97. The van der Waals surface area contributed by atoms with E-state index in [2.05, 4.69) is 10.3 Å². The van der Waals surface area contributed by atoms with Gasteiger partial charge in [-0.25, -0.2) is 9.78 Å². The molecule has 0 bridgehead atoms. The van der Waals surface area contributed by atoms with Crippen LogP contribution in [0.25, 0.3) is 0 Å². The molecule has 1 atom stereocenters. The van der Waals surface area contributed by atoms with Crippen LogP contribution in [0.4, 0.5) is 0 Å². The summed E-state index contributed by atoms with van der Waals surface area (Å²) in [6.45, 7) is 2.27. The molecule has 2 N–H and O–H groups in total. The molecule has 0 fully saturated rings. The molecule has 2 aromatic rings. The molecule has 7 heteroatoms. The van der Waals surface area contributed by atoms with E-state index in [9.17, 15) is 9.59 Å². The molecule has 0 aliphatic carbocycles. The molecule has 0 aliphatic rings. The van der Waals surface area contributed by atoms with Gasteiger partial charge >= 0.3 is 5.97 Å². The van der Waals surface area contributed by atoms with Crippen molar-refractivity contribution in [2.45, 2.75) is 26.3 Å². The number of rotatable bonds is 7. The van der Waals surface area contributed by atoms with E-state index in [0.717, 1.165) is 12.0 Å². The van der Waals surface area contributed by atoms with Crippen molar-refractivity contribution in [3.8, 4) is 0 Å². The van der Waals surface area contributed by atoms with Gasteiger partial charge in [-0.3, -0.25) is 4.79 Å². The Kier molecular flexibility index (Phi) is 6.12. The van der Waals surface area contributed by atoms with Crippen LogP contribution in [0.1, 0.15) is 34.4 Å². The SMILES string of the molecule is CC(CC(=O)NCc1nc(C(=O)O)cs1)Cc1ccc(Cl)cc1. The van der Waals surface area contributed by atoms with Crippen molar-refractivity contribution >= 4 is 34.8 Å². The summed E-state index contributed by atoms with van der Waals surface area (Å²) in [6, 6.07) is 7.60. The summed E-state index contributed by atoms with van der Waals surface area (Å²) >= 11 is 7.07. The average molecular weight is 353 g/mol. The van der Waals surface area contributed by atoms with Crippen molar-refractivity contribution in [1.82, 2.24) is 10.3 Å². The lowest BCUT2D eigenvalue weighted by molar-refractivity contribution is -0.122. The molecule has 1 unspecified atom stereocenters. The number of hydrogen-bond donors (Lipinski definition) is 2. The maximum atomic E-state index is 11.9. The first-order valence-corrected chi connectivity index (χ1v) is 8.38. The summed E-state index contributed by atoms with van der Waals surface area (Å²) in [6.07, 6.45) is 1.20. The maximum Gasteiger partial charge on any atom is 0.355 e. The first kappa shape index (κ1) is 17.4. The van der Waals surface area contributed by atoms with Crippen LogP contribution in [0, 0.1) is 5.92 Å². The summed E-state index contributed by atoms with van der Waals surface area (Å²) < 4.78 is 0. The third kappa shape index (κ3) is 5.65. The van der Waals surface area contributed by atoms with Crippen LogP contribution in [-0.4, -0.2) is 22.0 Å². The molecule has 5 nitrogen and oxygen atoms in total. The Labute approximate surface area is 143 Å². The summed E-state index contributed by atoms with van der Waals surface area (Å²) in [4.78, 5) is 26.6. The number of amides is 1. The number of carbonyl (C=O) groups is 2. The fourth-order valence-electron chi connectivity index (χ4n) is 2.15. The molecule has 0 radical (unpaired) electrons. The number of carboxylic acids is 1. The lowest BCUT2D eigenvalue weighted by Crippen LogP contribution is -2.25. The van der Waals surface area contributed by atoms with Gasteiger partial charge in [-0.1, -0.05) is 30.7 Å². The standard InChI is InChI=1S/C16H17ClN2O3S/c1-10(6-11-2-4-12(17)5-3-11)7-14(20)18-8-15-19-13(9-23-15)16(21)22/h2-5,9-10H,6-8H2,1H3,(H,18,20)(H,21,22). The van der Waals surface area contributed by atoms with E-state index in [1.807, 2.05) is 31.2 Å². The highest BCUT2D eigenvalue weighted by molar-refractivity contribution is 7.09. The van der Waals surface area contributed by atoms with E-state index in [1.165, 1.54) is 16.7 Å². The van der Waals surface area contributed by atoms with E-state index < -0.39 is 5.97 Å². The van der Waals surface area contributed by atoms with Gasteiger partial charge in [-0.15, -0.1) is 11.3 Å². The summed E-state index contributed by atoms with van der Waals surface area (Å²) in [5, 5.41) is 14.3. The van der Waals surface area contributed by atoms with Crippen molar-refractivity contribution in [3.05, 3.63) is 50.9 Å². The van der Waals surface area contributed by atoms with Crippen LogP contribution >= 0.6 is 22.9 Å². The van der Waals surface area contributed by atoms with Gasteiger partial charge in [0.25, 0.3) is 0 Å². The highest BCUT2D eigenvalue weighted by Gasteiger charge is 2.12. The Bertz CT molecular complexity index is 685. The van der Waals surface area contributed by atoms with Gasteiger partial charge in [0.15, 0.2) is 5.69 Å². The molecule has 2 rings (SSSR count). The minimum atomic E-state index is -1.06. The Morgan fingerprint density at radius 3 is 2.65 bits per heavy atom. The Morgan fingerprint density at radius 1 is 1.35 bits per heavy atom. The van der Waals surface area contributed by atoms with Crippen molar-refractivity contribution in [1.29, 1.82) is 0 Å². The third-order valence-corrected chi connectivity index (χ3v) is 4.34. The number of hydrogen-bond acceptors (Lipinski definition) is 4.